The molecular weight excluding hydrogens is 354 g/mol. The number of aromatic hydroxyl groups is 1. The fraction of sp³-hybridized carbons (Fsp3) is 0.522. The van der Waals surface area contributed by atoms with Gasteiger partial charge in [0.15, 0.2) is 11.5 Å². The van der Waals surface area contributed by atoms with Gasteiger partial charge in [-0.3, -0.25) is 4.79 Å². The first kappa shape index (κ1) is 18.9. The van der Waals surface area contributed by atoms with Crippen molar-refractivity contribution in [1.82, 2.24) is 4.90 Å². The van der Waals surface area contributed by atoms with Crippen LogP contribution in [0.25, 0.3) is 0 Å². The summed E-state index contributed by atoms with van der Waals surface area (Å²) in [5.74, 6) is 2.15. The summed E-state index contributed by atoms with van der Waals surface area (Å²) in [5.41, 5.74) is 3.79. The first-order valence-corrected chi connectivity index (χ1v) is 10.2. The molecule has 1 heterocycles. The lowest BCUT2D eigenvalue weighted by atomic mass is 9.79. The van der Waals surface area contributed by atoms with Gasteiger partial charge in [-0.05, 0) is 61.4 Å². The number of rotatable bonds is 5. The number of amides is 1. The Kier molecular flexibility index (Phi) is 5.33. The van der Waals surface area contributed by atoms with E-state index in [1.807, 2.05) is 6.07 Å². The number of carbonyl (C=O) groups is 1. The zero-order valence-electron chi connectivity index (χ0n) is 16.7. The molecule has 1 amide bonds. The van der Waals surface area contributed by atoms with Crippen LogP contribution in [-0.4, -0.2) is 42.7 Å². The third-order valence-corrected chi connectivity index (χ3v) is 6.50. The van der Waals surface area contributed by atoms with Crippen molar-refractivity contribution < 1.29 is 19.4 Å². The molecule has 1 aromatic carbocycles. The number of nitrogens with zero attached hydrogens (tertiary/aromatic N) is 1. The van der Waals surface area contributed by atoms with Crippen molar-refractivity contribution in [2.75, 3.05) is 20.8 Å². The lowest BCUT2D eigenvalue weighted by molar-refractivity contribution is -0.140. The lowest BCUT2D eigenvalue weighted by Gasteiger charge is -2.43. The average molecular weight is 383 g/mol. The molecule has 4 rings (SSSR count). The van der Waals surface area contributed by atoms with Gasteiger partial charge >= 0.3 is 0 Å². The molecule has 1 fully saturated rings. The van der Waals surface area contributed by atoms with E-state index in [-0.39, 0.29) is 17.7 Å². The van der Waals surface area contributed by atoms with Gasteiger partial charge in [0.2, 0.25) is 5.91 Å². The Labute approximate surface area is 166 Å². The third kappa shape index (κ3) is 3.50. The van der Waals surface area contributed by atoms with Crippen molar-refractivity contribution >= 4 is 5.91 Å². The van der Waals surface area contributed by atoms with Crippen LogP contribution >= 0.6 is 0 Å². The van der Waals surface area contributed by atoms with Gasteiger partial charge in [-0.15, -0.1) is 0 Å². The van der Waals surface area contributed by atoms with E-state index in [9.17, 15) is 9.90 Å². The van der Waals surface area contributed by atoms with E-state index in [0.717, 1.165) is 56.4 Å². The second-order valence-corrected chi connectivity index (χ2v) is 8.02. The van der Waals surface area contributed by atoms with Crippen molar-refractivity contribution in [2.24, 2.45) is 5.92 Å². The minimum absolute atomic E-state index is 0.0549. The predicted molar refractivity (Wildman–Crippen MR) is 107 cm³/mol. The number of hydrogen-bond donors (Lipinski definition) is 1. The highest BCUT2D eigenvalue weighted by Gasteiger charge is 2.38. The van der Waals surface area contributed by atoms with Gasteiger partial charge in [-0.25, -0.2) is 0 Å². The minimum Gasteiger partial charge on any atom is -0.504 e. The van der Waals surface area contributed by atoms with E-state index in [1.54, 1.807) is 26.4 Å². The number of carbonyl (C=O) groups excluding carboxylic acids is 1. The molecule has 1 aromatic rings. The SMILES string of the molecule is COC1=CCC2=C(CCN(C(=O)C3CCC3)[C@H]2Cc2ccc(OC)c(O)c2)C1. The Bertz CT molecular complexity index is 822. The third-order valence-electron chi connectivity index (χ3n) is 6.50. The average Bonchev–Trinajstić information content (AvgIpc) is 2.66. The molecule has 1 saturated carbocycles. The molecular formula is C23H29NO4. The van der Waals surface area contributed by atoms with Crippen LogP contribution in [0.2, 0.25) is 0 Å². The van der Waals surface area contributed by atoms with Crippen LogP contribution in [-0.2, 0) is 16.0 Å². The molecule has 1 aliphatic heterocycles. The number of allylic oxidation sites excluding steroid dienone is 2. The summed E-state index contributed by atoms with van der Waals surface area (Å²) in [4.78, 5) is 15.2. The van der Waals surface area contributed by atoms with Crippen molar-refractivity contribution in [2.45, 2.75) is 51.0 Å². The number of phenolic OH excluding ortho intramolecular Hbond substituents is 1. The number of ether oxygens (including phenoxy) is 2. The van der Waals surface area contributed by atoms with Crippen LogP contribution < -0.4 is 4.74 Å². The van der Waals surface area contributed by atoms with Gasteiger partial charge in [0.1, 0.15) is 0 Å². The molecule has 0 aromatic heterocycles. The van der Waals surface area contributed by atoms with Crippen molar-refractivity contribution in [3.63, 3.8) is 0 Å². The van der Waals surface area contributed by atoms with Gasteiger partial charge in [0, 0.05) is 18.9 Å². The lowest BCUT2D eigenvalue weighted by Crippen LogP contribution is -2.50. The summed E-state index contributed by atoms with van der Waals surface area (Å²) in [7, 11) is 3.28. The Morgan fingerprint density at radius 2 is 2.07 bits per heavy atom. The normalized spacial score (nSPS) is 22.3. The van der Waals surface area contributed by atoms with Crippen LogP contribution in [0.5, 0.6) is 11.5 Å². The van der Waals surface area contributed by atoms with Crippen LogP contribution in [0.3, 0.4) is 0 Å². The molecule has 0 unspecified atom stereocenters. The molecule has 0 saturated heterocycles. The maximum atomic E-state index is 13.1. The van der Waals surface area contributed by atoms with Gasteiger partial charge < -0.3 is 19.5 Å². The summed E-state index contributed by atoms with van der Waals surface area (Å²) in [6, 6.07) is 5.60. The van der Waals surface area contributed by atoms with Gasteiger partial charge in [-0.1, -0.05) is 18.1 Å². The van der Waals surface area contributed by atoms with E-state index in [2.05, 4.69) is 11.0 Å². The Balaban J connectivity index is 1.62. The van der Waals surface area contributed by atoms with E-state index in [0.29, 0.717) is 18.1 Å². The fourth-order valence-electron chi connectivity index (χ4n) is 4.61. The Morgan fingerprint density at radius 3 is 2.71 bits per heavy atom. The van der Waals surface area contributed by atoms with Crippen molar-refractivity contribution in [1.29, 1.82) is 0 Å². The zero-order valence-corrected chi connectivity index (χ0v) is 16.7. The standard InChI is InChI=1S/C23H29NO4/c1-27-18-7-8-19-17(14-18)10-11-24(23(26)16-4-3-5-16)20(19)12-15-6-9-22(28-2)21(25)13-15/h6-7,9,13,16,20,25H,3-5,8,10-12,14H2,1-2H3/t20-/m0/s1. The number of benzene rings is 1. The molecule has 2 aliphatic carbocycles. The van der Waals surface area contributed by atoms with E-state index < -0.39 is 0 Å². The largest absolute Gasteiger partial charge is 0.504 e. The highest BCUT2D eigenvalue weighted by Crippen LogP contribution is 2.39. The molecule has 28 heavy (non-hydrogen) atoms. The summed E-state index contributed by atoms with van der Waals surface area (Å²) in [6.45, 7) is 0.776. The molecule has 1 N–H and O–H groups in total. The molecule has 0 bridgehead atoms. The van der Waals surface area contributed by atoms with Crippen molar-refractivity contribution in [3.05, 3.63) is 46.7 Å². The number of hydrogen-bond acceptors (Lipinski definition) is 4. The molecule has 0 radical (unpaired) electrons. The van der Waals surface area contributed by atoms with Crippen molar-refractivity contribution in [3.8, 4) is 11.5 Å². The molecule has 150 valence electrons. The first-order valence-electron chi connectivity index (χ1n) is 10.2. The Hall–Kier alpha value is -2.43. The molecule has 5 nitrogen and oxygen atoms in total. The smallest absolute Gasteiger partial charge is 0.226 e. The Morgan fingerprint density at radius 1 is 1.25 bits per heavy atom. The molecule has 1 atom stereocenters. The highest BCUT2D eigenvalue weighted by atomic mass is 16.5. The molecule has 5 heteroatoms. The topological polar surface area (TPSA) is 59.0 Å². The fourth-order valence-corrected chi connectivity index (χ4v) is 4.61. The number of phenols is 1. The first-order chi connectivity index (χ1) is 13.6. The van der Waals surface area contributed by atoms with Crippen LogP contribution in [0, 0.1) is 5.92 Å². The highest BCUT2D eigenvalue weighted by molar-refractivity contribution is 5.80. The molecule has 3 aliphatic rings. The van der Waals surface area contributed by atoms with Gasteiger partial charge in [-0.2, -0.15) is 0 Å². The second-order valence-electron chi connectivity index (χ2n) is 8.02. The second kappa shape index (κ2) is 7.90. The predicted octanol–water partition coefficient (Wildman–Crippen LogP) is 3.97. The van der Waals surface area contributed by atoms with E-state index in [4.69, 9.17) is 9.47 Å². The van der Waals surface area contributed by atoms with Gasteiger partial charge in [0.25, 0.3) is 0 Å². The van der Waals surface area contributed by atoms with Crippen LogP contribution in [0.1, 0.15) is 44.1 Å². The van der Waals surface area contributed by atoms with Crippen LogP contribution in [0.4, 0.5) is 0 Å². The maximum absolute atomic E-state index is 13.1. The quantitative estimate of drug-likeness (QED) is 0.782. The van der Waals surface area contributed by atoms with Gasteiger partial charge in [0.05, 0.1) is 26.0 Å². The summed E-state index contributed by atoms with van der Waals surface area (Å²) in [5, 5.41) is 10.2. The molecule has 0 spiro atoms. The maximum Gasteiger partial charge on any atom is 0.226 e. The summed E-state index contributed by atoms with van der Waals surface area (Å²) in [6.07, 6.45) is 8.67. The zero-order chi connectivity index (χ0) is 19.7. The minimum atomic E-state index is 0.0549. The van der Waals surface area contributed by atoms with E-state index >= 15 is 0 Å². The summed E-state index contributed by atoms with van der Waals surface area (Å²) >= 11 is 0. The number of methoxy groups -OCH3 is 2. The summed E-state index contributed by atoms with van der Waals surface area (Å²) < 4.78 is 10.6. The van der Waals surface area contributed by atoms with E-state index in [1.165, 1.54) is 11.1 Å². The monoisotopic (exact) mass is 383 g/mol. The van der Waals surface area contributed by atoms with Crippen LogP contribution in [0.15, 0.2) is 41.2 Å².